The van der Waals surface area contributed by atoms with E-state index in [0.717, 1.165) is 5.76 Å². The Morgan fingerprint density at radius 3 is 2.31 bits per heavy atom. The third kappa shape index (κ3) is 2.39. The van der Waals surface area contributed by atoms with Crippen LogP contribution in [0.3, 0.4) is 0 Å². The molecule has 1 aromatic rings. The summed E-state index contributed by atoms with van der Waals surface area (Å²) in [6.07, 6.45) is 2.35. The fourth-order valence-electron chi connectivity index (χ4n) is 1.92. The van der Waals surface area contributed by atoms with Crippen LogP contribution >= 0.6 is 8.15 Å². The second-order valence-corrected chi connectivity index (χ2v) is 13.1. The Morgan fingerprint density at radius 1 is 1.12 bits per heavy atom. The van der Waals surface area contributed by atoms with Gasteiger partial charge >= 0.3 is 0 Å². The Bertz CT molecular complexity index is 394. The predicted molar refractivity (Wildman–Crippen MR) is 75.0 cm³/mol. The fourth-order valence-corrected chi connectivity index (χ4v) is 7.80. The summed E-state index contributed by atoms with van der Waals surface area (Å²) in [5.74, 6) is 1.11. The molecule has 0 aromatic heterocycles. The molecule has 0 bridgehead atoms. The Kier molecular flexibility index (Phi) is 3.23. The van der Waals surface area contributed by atoms with Gasteiger partial charge in [0.2, 0.25) is 0 Å². The summed E-state index contributed by atoms with van der Waals surface area (Å²) in [6, 6.07) is 10.7. The maximum absolute atomic E-state index is 6.05. The molecule has 0 amide bonds. The van der Waals surface area contributed by atoms with Crippen LogP contribution in [0.2, 0.25) is 19.6 Å². The van der Waals surface area contributed by atoms with Crippen LogP contribution in [0.5, 0.6) is 0 Å². The van der Waals surface area contributed by atoms with E-state index in [1.807, 2.05) is 0 Å². The standard InChI is InChI=1S/C13H19OPSi/c1-11-10-13(16(2,3)4)15(14-11)12-8-6-5-7-9-12/h5-10,13H,1-4H3. The first-order chi connectivity index (χ1) is 7.48. The summed E-state index contributed by atoms with van der Waals surface area (Å²) in [5.41, 5.74) is 0. The summed E-state index contributed by atoms with van der Waals surface area (Å²) in [7, 11) is -1.65. The van der Waals surface area contributed by atoms with Crippen molar-refractivity contribution in [3.05, 3.63) is 42.2 Å². The number of allylic oxidation sites excluding steroid dienone is 2. The molecule has 0 spiro atoms. The molecule has 2 rings (SSSR count). The second kappa shape index (κ2) is 4.35. The Hall–Kier alpha value is -0.593. The number of benzene rings is 1. The normalized spacial score (nSPS) is 25.1. The molecule has 3 heteroatoms. The van der Waals surface area contributed by atoms with Gasteiger partial charge in [0.15, 0.2) is 0 Å². The molecule has 1 aromatic carbocycles. The molecular weight excluding hydrogens is 231 g/mol. The molecule has 0 saturated carbocycles. The summed E-state index contributed by atoms with van der Waals surface area (Å²) < 4.78 is 6.05. The first-order valence-corrected chi connectivity index (χ1v) is 10.6. The Morgan fingerprint density at radius 2 is 1.75 bits per heavy atom. The molecule has 1 aliphatic heterocycles. The van der Waals surface area contributed by atoms with Crippen LogP contribution in [0.15, 0.2) is 42.2 Å². The lowest BCUT2D eigenvalue weighted by Gasteiger charge is -2.28. The first kappa shape index (κ1) is 11.9. The minimum atomic E-state index is -1.18. The molecule has 1 nitrogen and oxygen atoms in total. The van der Waals surface area contributed by atoms with E-state index in [0.29, 0.717) is 5.28 Å². The molecule has 0 radical (unpaired) electrons. The van der Waals surface area contributed by atoms with Gasteiger partial charge in [-0.2, -0.15) is 0 Å². The third-order valence-corrected chi connectivity index (χ3v) is 9.70. The molecule has 0 saturated heterocycles. The quantitative estimate of drug-likeness (QED) is 0.571. The van der Waals surface area contributed by atoms with E-state index in [9.17, 15) is 0 Å². The van der Waals surface area contributed by atoms with Crippen molar-refractivity contribution in [2.45, 2.75) is 31.8 Å². The zero-order chi connectivity index (χ0) is 11.8. The van der Waals surface area contributed by atoms with Crippen LogP contribution in [0.1, 0.15) is 6.92 Å². The highest BCUT2D eigenvalue weighted by molar-refractivity contribution is 7.65. The highest BCUT2D eigenvalue weighted by atomic mass is 31.1. The van der Waals surface area contributed by atoms with Crippen molar-refractivity contribution in [2.24, 2.45) is 0 Å². The van der Waals surface area contributed by atoms with Gasteiger partial charge in [-0.05, 0) is 13.0 Å². The smallest absolute Gasteiger partial charge is 0.122 e. The molecule has 1 heterocycles. The van der Waals surface area contributed by atoms with Crippen molar-refractivity contribution in [1.82, 2.24) is 0 Å². The van der Waals surface area contributed by atoms with E-state index in [1.54, 1.807) is 0 Å². The van der Waals surface area contributed by atoms with Gasteiger partial charge in [0, 0.05) is 10.6 Å². The first-order valence-electron chi connectivity index (χ1n) is 5.69. The van der Waals surface area contributed by atoms with E-state index in [2.05, 4.69) is 63.0 Å². The molecule has 16 heavy (non-hydrogen) atoms. The minimum Gasteiger partial charge on any atom is -0.474 e. The lowest BCUT2D eigenvalue weighted by atomic mass is 10.4. The van der Waals surface area contributed by atoms with Crippen LogP contribution in [-0.2, 0) is 4.52 Å². The minimum absolute atomic E-state index is 0.462. The van der Waals surface area contributed by atoms with Gasteiger partial charge in [0.25, 0.3) is 0 Å². The predicted octanol–water partition coefficient (Wildman–Crippen LogP) is 3.89. The van der Waals surface area contributed by atoms with Crippen molar-refractivity contribution in [3.63, 3.8) is 0 Å². The highest BCUT2D eigenvalue weighted by Gasteiger charge is 2.38. The van der Waals surface area contributed by atoms with Gasteiger partial charge < -0.3 is 4.52 Å². The van der Waals surface area contributed by atoms with E-state index in [1.165, 1.54) is 5.30 Å². The molecule has 2 unspecified atom stereocenters. The van der Waals surface area contributed by atoms with Gasteiger partial charge in [-0.15, -0.1) is 0 Å². The van der Waals surface area contributed by atoms with E-state index >= 15 is 0 Å². The van der Waals surface area contributed by atoms with Gasteiger partial charge in [-0.3, -0.25) is 0 Å². The molecule has 0 fully saturated rings. The highest BCUT2D eigenvalue weighted by Crippen LogP contribution is 2.52. The van der Waals surface area contributed by atoms with Crippen molar-refractivity contribution in [1.29, 1.82) is 0 Å². The lowest BCUT2D eigenvalue weighted by molar-refractivity contribution is 0.494. The van der Waals surface area contributed by atoms with Gasteiger partial charge in [0.1, 0.15) is 8.15 Å². The lowest BCUT2D eigenvalue weighted by Crippen LogP contribution is -2.35. The van der Waals surface area contributed by atoms with E-state index in [-0.39, 0.29) is 0 Å². The van der Waals surface area contributed by atoms with Crippen LogP contribution < -0.4 is 5.30 Å². The molecule has 2 atom stereocenters. The third-order valence-electron chi connectivity index (χ3n) is 2.79. The van der Waals surface area contributed by atoms with Crippen molar-refractivity contribution < 1.29 is 4.52 Å². The Balaban J connectivity index is 2.30. The van der Waals surface area contributed by atoms with Gasteiger partial charge in [-0.1, -0.05) is 50.0 Å². The number of hydrogen-bond donors (Lipinski definition) is 0. The van der Waals surface area contributed by atoms with Crippen LogP contribution in [-0.4, -0.2) is 13.4 Å². The second-order valence-electron chi connectivity index (χ2n) is 5.34. The monoisotopic (exact) mass is 250 g/mol. The number of rotatable bonds is 2. The van der Waals surface area contributed by atoms with Crippen molar-refractivity contribution in [2.75, 3.05) is 0 Å². The summed E-state index contributed by atoms with van der Waals surface area (Å²) >= 11 is 0. The molecule has 0 aliphatic carbocycles. The maximum Gasteiger partial charge on any atom is 0.122 e. The average molecular weight is 250 g/mol. The zero-order valence-electron chi connectivity index (χ0n) is 10.4. The van der Waals surface area contributed by atoms with E-state index < -0.39 is 16.2 Å². The topological polar surface area (TPSA) is 9.23 Å². The largest absolute Gasteiger partial charge is 0.474 e. The SMILES string of the molecule is CC1=CC([Si](C)(C)C)P(c2ccccc2)O1. The molecule has 86 valence electrons. The molecule has 1 aliphatic rings. The zero-order valence-corrected chi connectivity index (χ0v) is 12.3. The van der Waals surface area contributed by atoms with Crippen molar-refractivity contribution in [3.8, 4) is 0 Å². The molecular formula is C13H19OPSi. The van der Waals surface area contributed by atoms with Crippen LogP contribution in [0, 0.1) is 0 Å². The Labute approximate surface area is 100 Å². The van der Waals surface area contributed by atoms with Gasteiger partial charge in [-0.25, -0.2) is 0 Å². The summed E-state index contributed by atoms with van der Waals surface area (Å²) in [4.78, 5) is 0. The molecule has 0 N–H and O–H groups in total. The summed E-state index contributed by atoms with van der Waals surface area (Å²) in [5, 5.41) is 2.03. The van der Waals surface area contributed by atoms with E-state index in [4.69, 9.17) is 4.52 Å². The van der Waals surface area contributed by atoms with Crippen LogP contribution in [0.4, 0.5) is 0 Å². The van der Waals surface area contributed by atoms with Crippen molar-refractivity contribution >= 4 is 21.5 Å². The maximum atomic E-state index is 6.05. The fraction of sp³-hybridized carbons (Fsp3) is 0.385. The number of hydrogen-bond acceptors (Lipinski definition) is 1. The average Bonchev–Trinajstić information content (AvgIpc) is 2.61. The van der Waals surface area contributed by atoms with Crippen LogP contribution in [0.25, 0.3) is 0 Å². The van der Waals surface area contributed by atoms with Gasteiger partial charge in [0.05, 0.1) is 13.8 Å². The summed E-state index contributed by atoms with van der Waals surface area (Å²) in [6.45, 7) is 9.36.